The maximum absolute atomic E-state index is 12.1. The van der Waals surface area contributed by atoms with Crippen LogP contribution in [0.2, 0.25) is 0 Å². The third-order valence-electron chi connectivity index (χ3n) is 2.97. The van der Waals surface area contributed by atoms with Crippen LogP contribution in [0.4, 0.5) is 5.69 Å². The first kappa shape index (κ1) is 17.7. The van der Waals surface area contributed by atoms with Gasteiger partial charge in [0.05, 0.1) is 4.92 Å². The van der Waals surface area contributed by atoms with Crippen molar-refractivity contribution < 1.29 is 17.5 Å². The Morgan fingerprint density at radius 2 is 1.60 bits per heavy atom. The second kappa shape index (κ2) is 7.25. The van der Waals surface area contributed by atoms with Gasteiger partial charge in [0.15, 0.2) is 0 Å². The molecule has 0 N–H and O–H groups in total. The first-order chi connectivity index (χ1) is 11.9. The molecule has 0 aliphatic carbocycles. The predicted octanol–water partition coefficient (Wildman–Crippen LogP) is 2.79. The summed E-state index contributed by atoms with van der Waals surface area (Å²) in [4.78, 5) is 9.72. The Balaban J connectivity index is 2.21. The van der Waals surface area contributed by atoms with E-state index in [1.807, 2.05) is 0 Å². The summed E-state index contributed by atoms with van der Waals surface area (Å²) in [6.07, 6.45) is 1.34. The molecule has 2 aromatic carbocycles. The normalized spacial score (nSPS) is 10.2. The van der Waals surface area contributed by atoms with Crippen LogP contribution in [0.1, 0.15) is 5.56 Å². The second-order valence-corrected chi connectivity index (χ2v) is 6.19. The number of non-ortho nitro benzene ring substituents is 1. The van der Waals surface area contributed by atoms with Crippen LogP contribution in [0.5, 0.6) is 5.75 Å². The van der Waals surface area contributed by atoms with Crippen molar-refractivity contribution in [2.24, 2.45) is 0 Å². The molecule has 124 valence electrons. The van der Waals surface area contributed by atoms with E-state index in [2.05, 4.69) is 0 Å². The Morgan fingerprint density at radius 1 is 1.04 bits per heavy atom. The number of nitriles is 2. The van der Waals surface area contributed by atoms with Crippen LogP contribution >= 0.6 is 0 Å². The molecule has 2 aromatic rings. The Hall–Kier alpha value is -3.69. The fourth-order valence-electron chi connectivity index (χ4n) is 1.79. The number of rotatable bonds is 5. The van der Waals surface area contributed by atoms with Crippen molar-refractivity contribution in [2.75, 3.05) is 0 Å². The Kier molecular flexibility index (Phi) is 5.12. The molecular formula is C16H9N3O5S. The third-order valence-corrected chi connectivity index (χ3v) is 4.24. The number of nitrogens with zero attached hydrogens (tertiary/aromatic N) is 3. The molecule has 0 saturated heterocycles. The highest BCUT2D eigenvalue weighted by atomic mass is 32.2. The van der Waals surface area contributed by atoms with Crippen LogP contribution in [-0.2, 0) is 10.1 Å². The van der Waals surface area contributed by atoms with Gasteiger partial charge < -0.3 is 4.18 Å². The summed E-state index contributed by atoms with van der Waals surface area (Å²) >= 11 is 0. The van der Waals surface area contributed by atoms with Crippen LogP contribution in [0.25, 0.3) is 6.08 Å². The quantitative estimate of drug-likeness (QED) is 0.348. The number of benzene rings is 2. The van der Waals surface area contributed by atoms with Gasteiger partial charge in [-0.25, -0.2) is 0 Å². The third kappa shape index (κ3) is 4.41. The van der Waals surface area contributed by atoms with Crippen LogP contribution in [0.3, 0.4) is 0 Å². The van der Waals surface area contributed by atoms with Crippen molar-refractivity contribution in [3.05, 3.63) is 69.8 Å². The molecule has 0 aliphatic rings. The molecule has 0 spiro atoms. The average molecular weight is 355 g/mol. The highest BCUT2D eigenvalue weighted by Crippen LogP contribution is 2.22. The zero-order chi connectivity index (χ0) is 18.4. The minimum absolute atomic E-state index is 0.0194. The van der Waals surface area contributed by atoms with E-state index in [1.54, 1.807) is 12.1 Å². The molecule has 2 rings (SSSR count). The maximum atomic E-state index is 12.1. The van der Waals surface area contributed by atoms with Gasteiger partial charge >= 0.3 is 10.1 Å². The second-order valence-electron chi connectivity index (χ2n) is 4.64. The molecule has 0 bridgehead atoms. The molecule has 0 radical (unpaired) electrons. The molecule has 0 atom stereocenters. The molecule has 8 nitrogen and oxygen atoms in total. The van der Waals surface area contributed by atoms with Gasteiger partial charge in [0, 0.05) is 12.1 Å². The SMILES string of the molecule is N#CC(C#N)=Cc1ccc(OS(=O)(=O)c2ccc([N+](=O)[O-])cc2)cc1. The van der Waals surface area contributed by atoms with E-state index in [0.29, 0.717) is 5.56 Å². The summed E-state index contributed by atoms with van der Waals surface area (Å²) in [6, 6.07) is 13.4. The molecular weight excluding hydrogens is 346 g/mol. The lowest BCUT2D eigenvalue weighted by Crippen LogP contribution is -2.09. The van der Waals surface area contributed by atoms with Crippen LogP contribution < -0.4 is 4.18 Å². The maximum Gasteiger partial charge on any atom is 0.339 e. The van der Waals surface area contributed by atoms with Crippen molar-refractivity contribution in [3.8, 4) is 17.9 Å². The summed E-state index contributed by atoms with van der Waals surface area (Å²) in [6.45, 7) is 0. The van der Waals surface area contributed by atoms with Gasteiger partial charge in [0.2, 0.25) is 0 Å². The number of allylic oxidation sites excluding steroid dienone is 1. The minimum Gasteiger partial charge on any atom is -0.379 e. The van der Waals surface area contributed by atoms with E-state index in [1.165, 1.54) is 30.3 Å². The molecule has 9 heteroatoms. The summed E-state index contributed by atoms with van der Waals surface area (Å²) in [7, 11) is -4.14. The van der Waals surface area contributed by atoms with Gasteiger partial charge in [-0.05, 0) is 35.9 Å². The molecule has 0 aromatic heterocycles. The summed E-state index contributed by atoms with van der Waals surface area (Å²) in [5, 5.41) is 28.0. The molecule has 0 aliphatic heterocycles. The van der Waals surface area contributed by atoms with Crippen molar-refractivity contribution in [1.29, 1.82) is 10.5 Å². The predicted molar refractivity (Wildman–Crippen MR) is 86.6 cm³/mol. The lowest BCUT2D eigenvalue weighted by Gasteiger charge is -2.07. The van der Waals surface area contributed by atoms with Crippen molar-refractivity contribution in [3.63, 3.8) is 0 Å². The molecule has 25 heavy (non-hydrogen) atoms. The van der Waals surface area contributed by atoms with E-state index in [-0.39, 0.29) is 21.9 Å². The lowest BCUT2D eigenvalue weighted by atomic mass is 10.1. The van der Waals surface area contributed by atoms with Gasteiger partial charge in [-0.15, -0.1) is 0 Å². The van der Waals surface area contributed by atoms with Gasteiger partial charge in [-0.3, -0.25) is 10.1 Å². The van der Waals surface area contributed by atoms with Crippen molar-refractivity contribution in [2.45, 2.75) is 4.90 Å². The Labute approximate surface area is 143 Å². The number of nitro benzene ring substituents is 1. The highest BCUT2D eigenvalue weighted by Gasteiger charge is 2.18. The van der Waals surface area contributed by atoms with E-state index < -0.39 is 15.0 Å². The average Bonchev–Trinajstić information content (AvgIpc) is 2.61. The highest BCUT2D eigenvalue weighted by molar-refractivity contribution is 7.87. The zero-order valence-corrected chi connectivity index (χ0v) is 13.3. The van der Waals surface area contributed by atoms with E-state index in [0.717, 1.165) is 24.3 Å². The monoisotopic (exact) mass is 355 g/mol. The van der Waals surface area contributed by atoms with Gasteiger partial charge in [-0.2, -0.15) is 18.9 Å². The number of hydrogen-bond acceptors (Lipinski definition) is 7. The van der Waals surface area contributed by atoms with Crippen molar-refractivity contribution >= 4 is 21.9 Å². The fourth-order valence-corrected chi connectivity index (χ4v) is 2.72. The van der Waals surface area contributed by atoms with Crippen molar-refractivity contribution in [1.82, 2.24) is 0 Å². The summed E-state index contributed by atoms with van der Waals surface area (Å²) in [5.41, 5.74) is 0.200. The molecule has 0 unspecified atom stereocenters. The number of hydrogen-bond donors (Lipinski definition) is 0. The number of nitro groups is 1. The first-order valence-corrected chi connectivity index (χ1v) is 8.07. The van der Waals surface area contributed by atoms with E-state index in [9.17, 15) is 18.5 Å². The first-order valence-electron chi connectivity index (χ1n) is 6.66. The van der Waals surface area contributed by atoms with Gasteiger partial charge in [-0.1, -0.05) is 12.1 Å². The Bertz CT molecular complexity index is 995. The molecule has 0 amide bonds. The fraction of sp³-hybridized carbons (Fsp3) is 0. The smallest absolute Gasteiger partial charge is 0.339 e. The van der Waals surface area contributed by atoms with Gasteiger partial charge in [0.1, 0.15) is 28.4 Å². The zero-order valence-electron chi connectivity index (χ0n) is 12.5. The minimum atomic E-state index is -4.14. The van der Waals surface area contributed by atoms with Crippen LogP contribution in [0.15, 0.2) is 59.0 Å². The van der Waals surface area contributed by atoms with Gasteiger partial charge in [0.25, 0.3) is 5.69 Å². The largest absolute Gasteiger partial charge is 0.379 e. The van der Waals surface area contributed by atoms with E-state index in [4.69, 9.17) is 14.7 Å². The van der Waals surface area contributed by atoms with E-state index >= 15 is 0 Å². The molecule has 0 saturated carbocycles. The topological polar surface area (TPSA) is 134 Å². The van der Waals surface area contributed by atoms with Crippen LogP contribution in [0, 0.1) is 32.8 Å². The summed E-state index contributed by atoms with van der Waals surface area (Å²) in [5.74, 6) is 0.0194. The molecule has 0 heterocycles. The Morgan fingerprint density at radius 3 is 2.08 bits per heavy atom. The standard InChI is InChI=1S/C16H9N3O5S/c17-10-13(11-18)9-12-1-5-15(6-2-12)24-25(22,23)16-7-3-14(4-8-16)19(20)21/h1-9H. The summed E-state index contributed by atoms with van der Waals surface area (Å²) < 4.78 is 29.2. The lowest BCUT2D eigenvalue weighted by molar-refractivity contribution is -0.384. The van der Waals surface area contributed by atoms with Crippen LogP contribution in [-0.4, -0.2) is 13.3 Å². The molecule has 0 fully saturated rings.